The van der Waals surface area contributed by atoms with Gasteiger partial charge in [-0.1, -0.05) is 0 Å². The van der Waals surface area contributed by atoms with Crippen LogP contribution >= 0.6 is 0 Å². The number of hydrogen-bond acceptors (Lipinski definition) is 5. The van der Waals surface area contributed by atoms with Gasteiger partial charge in [-0.25, -0.2) is 4.79 Å². The molecule has 0 saturated heterocycles. The van der Waals surface area contributed by atoms with Crippen molar-refractivity contribution in [1.29, 1.82) is 0 Å². The Morgan fingerprint density at radius 3 is 2.68 bits per heavy atom. The predicted molar refractivity (Wildman–Crippen MR) is 62.0 cm³/mol. The van der Waals surface area contributed by atoms with Gasteiger partial charge in [-0.15, -0.1) is 0 Å². The fraction of sp³-hybridized carbons (Fsp3) is 0.400. The first-order valence-electron chi connectivity index (χ1n) is 5.20. The van der Waals surface area contributed by atoms with Gasteiger partial charge in [-0.3, -0.25) is 9.36 Å². The van der Waals surface area contributed by atoms with Crippen molar-refractivity contribution in [3.8, 4) is 5.75 Å². The minimum Gasteiger partial charge on any atom is -0.484 e. The standard InChI is InChI=1S/C10H13F2N3O4/c1-5(19-10(14)17)4-18-7-2-6(13)3-15(8(7)16)9(11)12/h2-3,5,9H,4,13H2,1H3,(H2,14,17)/t5-/m1/s1. The van der Waals surface area contributed by atoms with E-state index in [0.717, 1.165) is 12.3 Å². The van der Waals surface area contributed by atoms with E-state index in [1.807, 2.05) is 0 Å². The summed E-state index contributed by atoms with van der Waals surface area (Å²) < 4.78 is 34.7. The number of nitrogens with zero attached hydrogens (tertiary/aromatic N) is 1. The van der Waals surface area contributed by atoms with Gasteiger partial charge in [0.15, 0.2) is 5.75 Å². The number of nitrogens with two attached hydrogens (primary N) is 2. The Morgan fingerprint density at radius 1 is 1.53 bits per heavy atom. The number of amides is 1. The van der Waals surface area contributed by atoms with E-state index in [1.165, 1.54) is 6.92 Å². The van der Waals surface area contributed by atoms with Crippen LogP contribution in [0, 0.1) is 0 Å². The van der Waals surface area contributed by atoms with Crippen molar-refractivity contribution in [3.05, 3.63) is 22.6 Å². The Labute approximate surface area is 106 Å². The Morgan fingerprint density at radius 2 is 2.16 bits per heavy atom. The summed E-state index contributed by atoms with van der Waals surface area (Å²) in [6.45, 7) is -1.79. The average Bonchev–Trinajstić information content (AvgIpc) is 2.28. The molecule has 1 amide bonds. The number of pyridine rings is 1. The van der Waals surface area contributed by atoms with Gasteiger partial charge in [0, 0.05) is 12.3 Å². The third-order valence-corrected chi connectivity index (χ3v) is 2.03. The molecule has 0 spiro atoms. The maximum absolute atomic E-state index is 12.5. The maximum Gasteiger partial charge on any atom is 0.404 e. The van der Waals surface area contributed by atoms with Crippen LogP contribution in [0.15, 0.2) is 17.1 Å². The number of carbonyl (C=O) groups is 1. The first kappa shape index (κ1) is 14.7. The Hall–Kier alpha value is -2.32. The first-order valence-corrected chi connectivity index (χ1v) is 5.20. The molecule has 1 aromatic rings. The first-order chi connectivity index (χ1) is 8.81. The summed E-state index contributed by atoms with van der Waals surface area (Å²) in [6.07, 6.45) is -0.935. The zero-order valence-corrected chi connectivity index (χ0v) is 10.0. The van der Waals surface area contributed by atoms with Crippen LogP contribution in [0.5, 0.6) is 5.75 Å². The number of alkyl halides is 2. The maximum atomic E-state index is 12.5. The highest BCUT2D eigenvalue weighted by molar-refractivity contribution is 5.64. The SMILES string of the molecule is C[C@H](COc1cc(N)cn(C(F)F)c1=O)OC(N)=O. The third-order valence-electron chi connectivity index (χ3n) is 2.03. The fourth-order valence-corrected chi connectivity index (χ4v) is 1.28. The predicted octanol–water partition coefficient (Wildman–Crippen LogP) is 0.688. The highest BCUT2D eigenvalue weighted by Crippen LogP contribution is 2.15. The molecule has 0 unspecified atom stereocenters. The lowest BCUT2D eigenvalue weighted by molar-refractivity contribution is 0.0627. The molecule has 7 nitrogen and oxygen atoms in total. The molecule has 0 aromatic carbocycles. The van der Waals surface area contributed by atoms with E-state index in [2.05, 4.69) is 4.74 Å². The topological polar surface area (TPSA) is 110 Å². The van der Waals surface area contributed by atoms with Crippen molar-refractivity contribution in [2.45, 2.75) is 19.6 Å². The summed E-state index contributed by atoms with van der Waals surface area (Å²) in [7, 11) is 0. The molecule has 19 heavy (non-hydrogen) atoms. The zero-order chi connectivity index (χ0) is 14.6. The number of hydrogen-bond donors (Lipinski definition) is 2. The third kappa shape index (κ3) is 4.12. The van der Waals surface area contributed by atoms with Gasteiger partial charge in [-0.2, -0.15) is 8.78 Å². The molecular weight excluding hydrogens is 264 g/mol. The van der Waals surface area contributed by atoms with Gasteiger partial charge < -0.3 is 20.9 Å². The highest BCUT2D eigenvalue weighted by Gasteiger charge is 2.15. The number of ether oxygens (including phenoxy) is 2. The van der Waals surface area contributed by atoms with Gasteiger partial charge in [0.05, 0.1) is 5.69 Å². The molecule has 0 aliphatic rings. The molecule has 1 atom stereocenters. The van der Waals surface area contributed by atoms with Crippen LogP contribution in [-0.4, -0.2) is 23.4 Å². The van der Waals surface area contributed by atoms with E-state index in [0.29, 0.717) is 0 Å². The highest BCUT2D eigenvalue weighted by atomic mass is 19.3. The van der Waals surface area contributed by atoms with E-state index in [9.17, 15) is 18.4 Å². The molecule has 0 saturated carbocycles. The number of rotatable bonds is 5. The number of halogens is 2. The number of primary amides is 1. The van der Waals surface area contributed by atoms with Gasteiger partial charge >= 0.3 is 12.6 Å². The van der Waals surface area contributed by atoms with Crippen molar-refractivity contribution in [1.82, 2.24) is 4.57 Å². The lowest BCUT2D eigenvalue weighted by Gasteiger charge is -2.14. The van der Waals surface area contributed by atoms with Crippen molar-refractivity contribution in [2.24, 2.45) is 5.73 Å². The van der Waals surface area contributed by atoms with E-state index in [4.69, 9.17) is 16.2 Å². The summed E-state index contributed by atoms with van der Waals surface area (Å²) in [4.78, 5) is 22.0. The molecule has 0 radical (unpaired) electrons. The Balaban J connectivity index is 2.84. The molecule has 1 heterocycles. The van der Waals surface area contributed by atoms with E-state index in [-0.39, 0.29) is 22.6 Å². The van der Waals surface area contributed by atoms with Crippen molar-refractivity contribution in [3.63, 3.8) is 0 Å². The molecule has 106 valence electrons. The second kappa shape index (κ2) is 6.03. The lowest BCUT2D eigenvalue weighted by atomic mass is 10.4. The van der Waals surface area contributed by atoms with Gasteiger partial charge in [0.25, 0.3) is 5.56 Å². The molecule has 0 bridgehead atoms. The van der Waals surface area contributed by atoms with Crippen molar-refractivity contribution < 1.29 is 23.0 Å². The zero-order valence-electron chi connectivity index (χ0n) is 10.0. The van der Waals surface area contributed by atoms with E-state index < -0.39 is 24.3 Å². The largest absolute Gasteiger partial charge is 0.484 e. The number of nitrogen functional groups attached to an aromatic ring is 1. The van der Waals surface area contributed by atoms with Crippen LogP contribution in [0.25, 0.3) is 0 Å². The van der Waals surface area contributed by atoms with Gasteiger partial charge in [0.1, 0.15) is 12.7 Å². The smallest absolute Gasteiger partial charge is 0.404 e. The van der Waals surface area contributed by atoms with Crippen LogP contribution in [0.4, 0.5) is 19.3 Å². The summed E-state index contributed by atoms with van der Waals surface area (Å²) in [5.41, 5.74) is 9.06. The van der Waals surface area contributed by atoms with Crippen LogP contribution in [0.1, 0.15) is 13.5 Å². The van der Waals surface area contributed by atoms with Crippen LogP contribution < -0.4 is 21.8 Å². The molecule has 0 aliphatic carbocycles. The monoisotopic (exact) mass is 277 g/mol. The number of aromatic nitrogens is 1. The van der Waals surface area contributed by atoms with Crippen molar-refractivity contribution >= 4 is 11.8 Å². The minimum absolute atomic E-state index is 0.0571. The van der Waals surface area contributed by atoms with Crippen molar-refractivity contribution in [2.75, 3.05) is 12.3 Å². The quantitative estimate of drug-likeness (QED) is 0.822. The normalized spacial score (nSPS) is 12.2. The Kier molecular flexibility index (Phi) is 4.67. The average molecular weight is 277 g/mol. The van der Waals surface area contributed by atoms with Gasteiger partial charge in [-0.05, 0) is 6.92 Å². The summed E-state index contributed by atoms with van der Waals surface area (Å²) >= 11 is 0. The molecule has 1 aromatic heterocycles. The van der Waals surface area contributed by atoms with Crippen LogP contribution in [0.3, 0.4) is 0 Å². The number of anilines is 1. The summed E-state index contributed by atoms with van der Waals surface area (Å²) in [6, 6.07) is 1.11. The molecule has 1 rings (SSSR count). The fourth-order valence-electron chi connectivity index (χ4n) is 1.28. The molecule has 4 N–H and O–H groups in total. The summed E-state index contributed by atoms with van der Waals surface area (Å²) in [5, 5.41) is 0. The number of carbonyl (C=O) groups excluding carboxylic acids is 1. The van der Waals surface area contributed by atoms with E-state index in [1.54, 1.807) is 0 Å². The molecule has 9 heteroatoms. The lowest BCUT2D eigenvalue weighted by Crippen LogP contribution is -2.28. The molecule has 0 aliphatic heterocycles. The second-order valence-corrected chi connectivity index (χ2v) is 3.69. The van der Waals surface area contributed by atoms with E-state index >= 15 is 0 Å². The molecular formula is C10H13F2N3O4. The van der Waals surface area contributed by atoms with Crippen LogP contribution in [0.2, 0.25) is 0 Å². The van der Waals surface area contributed by atoms with Crippen LogP contribution in [-0.2, 0) is 4.74 Å². The summed E-state index contributed by atoms with van der Waals surface area (Å²) in [5.74, 6) is -0.361. The minimum atomic E-state index is -3.03. The van der Waals surface area contributed by atoms with Gasteiger partial charge in [0.2, 0.25) is 0 Å². The molecule has 0 fully saturated rings. The second-order valence-electron chi connectivity index (χ2n) is 3.69. The Bertz CT molecular complexity index is 518.